The molecule has 0 aromatic rings. The topological polar surface area (TPSA) is 52.6 Å². The third-order valence-electron chi connectivity index (χ3n) is 4.43. The normalized spacial score (nSPS) is 10.8. The molecule has 4 heteroatoms. The zero-order valence-electron chi connectivity index (χ0n) is 16.1. The van der Waals surface area contributed by atoms with Crippen molar-refractivity contribution in [1.82, 2.24) is 0 Å². The Balaban J connectivity index is 3.44. The van der Waals surface area contributed by atoms with Gasteiger partial charge in [0.25, 0.3) is 0 Å². The summed E-state index contributed by atoms with van der Waals surface area (Å²) in [6.07, 6.45) is 12.7. The Labute approximate surface area is 148 Å². The van der Waals surface area contributed by atoms with E-state index >= 15 is 0 Å². The number of unbranched alkanes of at least 4 members (excludes halogenated alkanes) is 8. The highest BCUT2D eigenvalue weighted by atomic mass is 16.6. The van der Waals surface area contributed by atoms with Crippen molar-refractivity contribution in [1.29, 1.82) is 0 Å². The third-order valence-corrected chi connectivity index (χ3v) is 4.43. The first-order valence-electron chi connectivity index (χ1n) is 9.95. The molecule has 0 aromatic carbocycles. The summed E-state index contributed by atoms with van der Waals surface area (Å²) < 4.78 is 10.2. The predicted molar refractivity (Wildman–Crippen MR) is 97.8 cm³/mol. The smallest absolute Gasteiger partial charge is 0.317 e. The van der Waals surface area contributed by atoms with E-state index in [4.69, 9.17) is 9.47 Å². The van der Waals surface area contributed by atoms with E-state index in [1.54, 1.807) is 0 Å². The Hall–Kier alpha value is -1.06. The highest BCUT2D eigenvalue weighted by Crippen LogP contribution is 2.10. The van der Waals surface area contributed by atoms with Crippen LogP contribution >= 0.6 is 0 Å². The van der Waals surface area contributed by atoms with Crippen molar-refractivity contribution >= 4 is 11.9 Å². The summed E-state index contributed by atoms with van der Waals surface area (Å²) in [5, 5.41) is 0. The van der Waals surface area contributed by atoms with E-state index in [2.05, 4.69) is 20.8 Å². The molecule has 0 rings (SSSR count). The molecular formula is C20H38O4. The SMILES string of the molecule is CCCCCCCCCCCOC(=O)CC(=O)OCC(CC)CC. The first-order chi connectivity index (χ1) is 11.6. The van der Waals surface area contributed by atoms with Crippen molar-refractivity contribution < 1.29 is 19.1 Å². The van der Waals surface area contributed by atoms with E-state index in [9.17, 15) is 9.59 Å². The van der Waals surface area contributed by atoms with Crippen LogP contribution in [0.2, 0.25) is 0 Å². The number of esters is 2. The van der Waals surface area contributed by atoms with Crippen molar-refractivity contribution in [2.75, 3.05) is 13.2 Å². The van der Waals surface area contributed by atoms with E-state index in [0.717, 1.165) is 25.7 Å². The first-order valence-corrected chi connectivity index (χ1v) is 9.95. The van der Waals surface area contributed by atoms with Gasteiger partial charge in [-0.05, 0) is 12.3 Å². The summed E-state index contributed by atoms with van der Waals surface area (Å²) in [5.74, 6) is -0.560. The Morgan fingerprint density at radius 3 is 1.75 bits per heavy atom. The van der Waals surface area contributed by atoms with Gasteiger partial charge in [-0.25, -0.2) is 0 Å². The fraction of sp³-hybridized carbons (Fsp3) is 0.900. The van der Waals surface area contributed by atoms with Gasteiger partial charge in [-0.15, -0.1) is 0 Å². The molecule has 0 saturated carbocycles. The average Bonchev–Trinajstić information content (AvgIpc) is 2.57. The van der Waals surface area contributed by atoms with Crippen LogP contribution in [0, 0.1) is 5.92 Å². The average molecular weight is 343 g/mol. The summed E-state index contributed by atoms with van der Waals surface area (Å²) >= 11 is 0. The van der Waals surface area contributed by atoms with Crippen LogP contribution in [0.15, 0.2) is 0 Å². The predicted octanol–water partition coefficient (Wildman–Crippen LogP) is 5.43. The van der Waals surface area contributed by atoms with Gasteiger partial charge in [-0.2, -0.15) is 0 Å². The van der Waals surface area contributed by atoms with Crippen LogP contribution in [0.3, 0.4) is 0 Å². The standard InChI is InChI=1S/C20H38O4/c1-4-7-8-9-10-11-12-13-14-15-23-19(21)16-20(22)24-17-18(5-2)6-3/h18H,4-17H2,1-3H3. The molecule has 4 nitrogen and oxygen atoms in total. The molecule has 0 spiro atoms. The second-order valence-corrected chi connectivity index (χ2v) is 6.59. The van der Waals surface area contributed by atoms with Gasteiger partial charge in [0.2, 0.25) is 0 Å². The highest BCUT2D eigenvalue weighted by Gasteiger charge is 2.13. The Morgan fingerprint density at radius 1 is 0.708 bits per heavy atom. The third kappa shape index (κ3) is 14.5. The van der Waals surface area contributed by atoms with Crippen molar-refractivity contribution in [2.24, 2.45) is 5.92 Å². The van der Waals surface area contributed by atoms with Gasteiger partial charge in [0.15, 0.2) is 0 Å². The molecule has 0 fully saturated rings. The summed E-state index contributed by atoms with van der Waals surface area (Å²) in [4.78, 5) is 23.1. The molecule has 0 radical (unpaired) electrons. The second kappa shape index (κ2) is 16.8. The zero-order valence-corrected chi connectivity index (χ0v) is 16.1. The molecule has 0 aromatic heterocycles. The molecular weight excluding hydrogens is 304 g/mol. The monoisotopic (exact) mass is 342 g/mol. The Bertz CT molecular complexity index is 311. The van der Waals surface area contributed by atoms with Crippen LogP contribution < -0.4 is 0 Å². The first kappa shape index (κ1) is 22.9. The minimum Gasteiger partial charge on any atom is -0.465 e. The molecule has 0 amide bonds. The lowest BCUT2D eigenvalue weighted by molar-refractivity contribution is -0.155. The van der Waals surface area contributed by atoms with Gasteiger partial charge >= 0.3 is 11.9 Å². The fourth-order valence-corrected chi connectivity index (χ4v) is 2.55. The van der Waals surface area contributed by atoms with Gasteiger partial charge < -0.3 is 9.47 Å². The summed E-state index contributed by atoms with van der Waals surface area (Å²) in [6, 6.07) is 0. The highest BCUT2D eigenvalue weighted by molar-refractivity contribution is 5.91. The maximum absolute atomic E-state index is 11.5. The van der Waals surface area contributed by atoms with Crippen molar-refractivity contribution in [2.45, 2.75) is 97.8 Å². The van der Waals surface area contributed by atoms with E-state index in [-0.39, 0.29) is 6.42 Å². The molecule has 0 heterocycles. The van der Waals surface area contributed by atoms with E-state index in [1.165, 1.54) is 44.9 Å². The maximum Gasteiger partial charge on any atom is 0.317 e. The van der Waals surface area contributed by atoms with E-state index in [1.807, 2.05) is 0 Å². The van der Waals surface area contributed by atoms with E-state index in [0.29, 0.717) is 19.1 Å². The van der Waals surface area contributed by atoms with Crippen molar-refractivity contribution in [3.8, 4) is 0 Å². The quantitative estimate of drug-likeness (QED) is 0.213. The molecule has 0 aliphatic carbocycles. The molecule has 0 N–H and O–H groups in total. The number of rotatable bonds is 16. The molecule has 24 heavy (non-hydrogen) atoms. The number of ether oxygens (including phenoxy) is 2. The Kier molecular flexibility index (Phi) is 16.0. The number of hydrogen-bond acceptors (Lipinski definition) is 4. The van der Waals surface area contributed by atoms with Crippen molar-refractivity contribution in [3.05, 3.63) is 0 Å². The van der Waals surface area contributed by atoms with Gasteiger partial charge in [0, 0.05) is 0 Å². The molecule has 0 bridgehead atoms. The van der Waals surface area contributed by atoms with Gasteiger partial charge in [0.05, 0.1) is 13.2 Å². The largest absolute Gasteiger partial charge is 0.465 e. The van der Waals surface area contributed by atoms with Crippen LogP contribution in [-0.2, 0) is 19.1 Å². The molecule has 0 saturated heterocycles. The number of hydrogen-bond donors (Lipinski definition) is 0. The number of carbonyl (C=O) groups excluding carboxylic acids is 2. The molecule has 0 atom stereocenters. The van der Waals surface area contributed by atoms with Gasteiger partial charge in [0.1, 0.15) is 6.42 Å². The van der Waals surface area contributed by atoms with Crippen LogP contribution in [-0.4, -0.2) is 25.2 Å². The lowest BCUT2D eigenvalue weighted by atomic mass is 10.1. The van der Waals surface area contributed by atoms with Gasteiger partial charge in [-0.3, -0.25) is 9.59 Å². The molecule has 0 aliphatic heterocycles. The second-order valence-electron chi connectivity index (χ2n) is 6.59. The molecule has 0 aliphatic rings. The van der Waals surface area contributed by atoms with Crippen LogP contribution in [0.1, 0.15) is 97.8 Å². The molecule has 0 unspecified atom stereocenters. The fourth-order valence-electron chi connectivity index (χ4n) is 2.55. The van der Waals surface area contributed by atoms with Crippen LogP contribution in [0.25, 0.3) is 0 Å². The van der Waals surface area contributed by atoms with Crippen LogP contribution in [0.4, 0.5) is 0 Å². The summed E-state index contributed by atoms with van der Waals surface area (Å²) in [6.45, 7) is 7.18. The maximum atomic E-state index is 11.5. The number of carbonyl (C=O) groups is 2. The van der Waals surface area contributed by atoms with Crippen LogP contribution in [0.5, 0.6) is 0 Å². The van der Waals surface area contributed by atoms with E-state index < -0.39 is 11.9 Å². The zero-order chi connectivity index (χ0) is 18.0. The lowest BCUT2D eigenvalue weighted by Gasteiger charge is -2.12. The summed E-state index contributed by atoms with van der Waals surface area (Å²) in [5.41, 5.74) is 0. The minimum absolute atomic E-state index is 0.266. The summed E-state index contributed by atoms with van der Waals surface area (Å²) in [7, 11) is 0. The molecule has 142 valence electrons. The Morgan fingerprint density at radius 2 is 1.21 bits per heavy atom. The lowest BCUT2D eigenvalue weighted by Crippen LogP contribution is -2.17. The van der Waals surface area contributed by atoms with Crippen molar-refractivity contribution in [3.63, 3.8) is 0 Å². The minimum atomic E-state index is -0.473. The van der Waals surface area contributed by atoms with Gasteiger partial charge in [-0.1, -0.05) is 85.0 Å².